The molecule has 0 radical (unpaired) electrons. The standard InChI is InChI=1S/C22H32N4O3.C2H6/c27-21(17-9-13-26(14-10-17)19(22(28)29)15-5-6-15)24-12-2-4-18-8-7-16-3-1-11-23-20(16)25-18;1-2/h7-8,15,17,19H,1-6,9-14H2,(H,23,25)(H,24,27)(H,28,29);1-2H3. The number of carbonyl (C=O) groups excluding carboxylic acids is 1. The first kappa shape index (κ1) is 23.5. The van der Waals surface area contributed by atoms with E-state index in [9.17, 15) is 14.7 Å². The summed E-state index contributed by atoms with van der Waals surface area (Å²) < 4.78 is 0. The van der Waals surface area contributed by atoms with Crippen LogP contribution in [0.4, 0.5) is 5.82 Å². The molecule has 1 saturated carbocycles. The summed E-state index contributed by atoms with van der Waals surface area (Å²) >= 11 is 0. The fourth-order valence-corrected chi connectivity index (χ4v) is 4.64. The molecule has 3 N–H and O–H groups in total. The molecule has 31 heavy (non-hydrogen) atoms. The number of carboxylic acid groups (broad SMARTS) is 1. The summed E-state index contributed by atoms with van der Waals surface area (Å²) in [7, 11) is 0. The number of carbonyl (C=O) groups is 2. The van der Waals surface area contributed by atoms with Crippen molar-refractivity contribution in [3.05, 3.63) is 23.4 Å². The summed E-state index contributed by atoms with van der Waals surface area (Å²) in [6, 6.07) is 3.92. The number of pyridine rings is 1. The Morgan fingerprint density at radius 3 is 2.65 bits per heavy atom. The Bertz CT molecular complexity index is 742. The maximum absolute atomic E-state index is 12.5. The van der Waals surface area contributed by atoms with E-state index in [1.165, 1.54) is 5.56 Å². The highest BCUT2D eigenvalue weighted by molar-refractivity contribution is 5.79. The van der Waals surface area contributed by atoms with Gasteiger partial charge in [0.15, 0.2) is 0 Å². The van der Waals surface area contributed by atoms with E-state index < -0.39 is 5.97 Å². The Labute approximate surface area is 186 Å². The Morgan fingerprint density at radius 2 is 1.97 bits per heavy atom. The molecule has 0 bridgehead atoms. The third kappa shape index (κ3) is 6.42. The van der Waals surface area contributed by atoms with Gasteiger partial charge in [0.05, 0.1) is 0 Å². The molecule has 7 nitrogen and oxygen atoms in total. The predicted octanol–water partition coefficient (Wildman–Crippen LogP) is 3.09. The van der Waals surface area contributed by atoms with Gasteiger partial charge in [0.25, 0.3) is 0 Å². The molecule has 1 saturated heterocycles. The summed E-state index contributed by atoms with van der Waals surface area (Å²) in [5.41, 5.74) is 2.37. The highest BCUT2D eigenvalue weighted by Crippen LogP contribution is 2.37. The van der Waals surface area contributed by atoms with Crippen LogP contribution >= 0.6 is 0 Å². The number of aliphatic carboxylic acids is 1. The van der Waals surface area contributed by atoms with E-state index in [4.69, 9.17) is 4.98 Å². The number of hydrogen-bond acceptors (Lipinski definition) is 5. The first-order valence-corrected chi connectivity index (χ1v) is 12.1. The molecule has 1 atom stereocenters. The van der Waals surface area contributed by atoms with Crippen LogP contribution in [0.3, 0.4) is 0 Å². The molecular formula is C24H38N4O3. The Kier molecular flexibility index (Phi) is 8.69. The van der Waals surface area contributed by atoms with E-state index in [0.29, 0.717) is 25.6 Å². The number of anilines is 1. The van der Waals surface area contributed by atoms with Gasteiger partial charge in [-0.25, -0.2) is 4.98 Å². The number of amides is 1. The lowest BCUT2D eigenvalue weighted by atomic mass is 9.94. The molecule has 4 rings (SSSR count). The normalized spacial score (nSPS) is 19.9. The van der Waals surface area contributed by atoms with Crippen molar-refractivity contribution in [2.24, 2.45) is 11.8 Å². The summed E-state index contributed by atoms with van der Waals surface area (Å²) in [5, 5.41) is 15.9. The van der Waals surface area contributed by atoms with E-state index >= 15 is 0 Å². The van der Waals surface area contributed by atoms with Gasteiger partial charge >= 0.3 is 5.97 Å². The number of aromatic nitrogens is 1. The number of aryl methyl sites for hydroxylation is 2. The molecule has 1 amide bonds. The van der Waals surface area contributed by atoms with E-state index in [-0.39, 0.29) is 17.9 Å². The van der Waals surface area contributed by atoms with Gasteiger partial charge < -0.3 is 15.7 Å². The van der Waals surface area contributed by atoms with Crippen molar-refractivity contribution in [3.8, 4) is 0 Å². The van der Waals surface area contributed by atoms with Gasteiger partial charge in [-0.2, -0.15) is 0 Å². The summed E-state index contributed by atoms with van der Waals surface area (Å²) in [6.07, 6.45) is 7.53. The highest BCUT2D eigenvalue weighted by atomic mass is 16.4. The molecule has 1 unspecified atom stereocenters. The van der Waals surface area contributed by atoms with Crippen LogP contribution in [0.5, 0.6) is 0 Å². The lowest BCUT2D eigenvalue weighted by Gasteiger charge is -2.35. The quantitative estimate of drug-likeness (QED) is 0.549. The summed E-state index contributed by atoms with van der Waals surface area (Å²) in [5.74, 6) is 0.746. The molecule has 2 aliphatic heterocycles. The molecular weight excluding hydrogens is 392 g/mol. The maximum atomic E-state index is 12.5. The zero-order valence-corrected chi connectivity index (χ0v) is 19.0. The Balaban J connectivity index is 0.00000132. The zero-order chi connectivity index (χ0) is 22.2. The highest BCUT2D eigenvalue weighted by Gasteiger charge is 2.41. The maximum Gasteiger partial charge on any atom is 0.321 e. The lowest BCUT2D eigenvalue weighted by molar-refractivity contribution is -0.145. The molecule has 7 heteroatoms. The number of fused-ring (bicyclic) bond motifs is 1. The van der Waals surface area contributed by atoms with E-state index in [2.05, 4.69) is 27.7 Å². The van der Waals surface area contributed by atoms with Crippen molar-refractivity contribution >= 4 is 17.7 Å². The van der Waals surface area contributed by atoms with Crippen molar-refractivity contribution in [1.29, 1.82) is 0 Å². The van der Waals surface area contributed by atoms with Crippen LogP contribution in [0.2, 0.25) is 0 Å². The molecule has 172 valence electrons. The molecule has 0 aromatic carbocycles. The van der Waals surface area contributed by atoms with Crippen LogP contribution in [0, 0.1) is 11.8 Å². The Hall–Kier alpha value is -2.15. The number of likely N-dealkylation sites (tertiary alicyclic amines) is 1. The molecule has 1 aromatic heterocycles. The molecule has 2 fully saturated rings. The average molecular weight is 431 g/mol. The van der Waals surface area contributed by atoms with Crippen LogP contribution in [-0.4, -0.2) is 59.1 Å². The van der Waals surface area contributed by atoms with Crippen LogP contribution < -0.4 is 10.6 Å². The number of rotatable bonds is 8. The summed E-state index contributed by atoms with van der Waals surface area (Å²) in [4.78, 5) is 30.8. The van der Waals surface area contributed by atoms with Crippen molar-refractivity contribution in [1.82, 2.24) is 15.2 Å². The van der Waals surface area contributed by atoms with Crippen molar-refractivity contribution < 1.29 is 14.7 Å². The van der Waals surface area contributed by atoms with Gasteiger partial charge in [0, 0.05) is 24.7 Å². The van der Waals surface area contributed by atoms with E-state index in [1.54, 1.807) is 0 Å². The van der Waals surface area contributed by atoms with Crippen LogP contribution in [0.15, 0.2) is 12.1 Å². The van der Waals surface area contributed by atoms with Crippen molar-refractivity contribution in [2.75, 3.05) is 31.5 Å². The first-order valence-electron chi connectivity index (χ1n) is 12.1. The summed E-state index contributed by atoms with van der Waals surface area (Å²) in [6.45, 7) is 7.06. The first-order chi connectivity index (χ1) is 15.1. The number of nitrogens with one attached hydrogen (secondary N) is 2. The smallest absolute Gasteiger partial charge is 0.321 e. The lowest BCUT2D eigenvalue weighted by Crippen LogP contribution is -2.49. The zero-order valence-electron chi connectivity index (χ0n) is 19.0. The van der Waals surface area contributed by atoms with Crippen LogP contribution in [0.1, 0.15) is 63.6 Å². The number of hydrogen-bond donors (Lipinski definition) is 3. The van der Waals surface area contributed by atoms with Gasteiger partial charge in [-0.1, -0.05) is 19.9 Å². The molecule has 3 aliphatic rings. The minimum Gasteiger partial charge on any atom is -0.480 e. The van der Waals surface area contributed by atoms with Gasteiger partial charge in [0.2, 0.25) is 5.91 Å². The molecule has 0 spiro atoms. The van der Waals surface area contributed by atoms with Gasteiger partial charge in [0.1, 0.15) is 11.9 Å². The minimum atomic E-state index is -0.707. The fourth-order valence-electron chi connectivity index (χ4n) is 4.64. The largest absolute Gasteiger partial charge is 0.480 e. The third-order valence-electron chi connectivity index (χ3n) is 6.48. The molecule has 1 aromatic rings. The van der Waals surface area contributed by atoms with Crippen molar-refractivity contribution in [2.45, 2.75) is 71.3 Å². The second-order valence-corrected chi connectivity index (χ2v) is 8.67. The topological polar surface area (TPSA) is 94.6 Å². The van der Waals surface area contributed by atoms with Crippen LogP contribution in [0.25, 0.3) is 0 Å². The van der Waals surface area contributed by atoms with Gasteiger partial charge in [-0.15, -0.1) is 0 Å². The van der Waals surface area contributed by atoms with Crippen molar-refractivity contribution in [3.63, 3.8) is 0 Å². The minimum absolute atomic E-state index is 0.00553. The van der Waals surface area contributed by atoms with Crippen LogP contribution in [-0.2, 0) is 22.4 Å². The number of nitrogens with zero attached hydrogens (tertiary/aromatic N) is 2. The molecule has 3 heterocycles. The predicted molar refractivity (Wildman–Crippen MR) is 122 cm³/mol. The second kappa shape index (κ2) is 11.5. The average Bonchev–Trinajstić information content (AvgIpc) is 3.63. The van der Waals surface area contributed by atoms with E-state index in [1.807, 2.05) is 13.8 Å². The number of piperidine rings is 1. The SMILES string of the molecule is CC.O=C(NCCCc1ccc2c(n1)NCCC2)C1CCN(C(C(=O)O)C2CC2)CC1. The number of carboxylic acids is 1. The van der Waals surface area contributed by atoms with E-state index in [0.717, 1.165) is 69.4 Å². The monoisotopic (exact) mass is 430 g/mol. The second-order valence-electron chi connectivity index (χ2n) is 8.67. The van der Waals surface area contributed by atoms with Gasteiger partial charge in [-0.3, -0.25) is 14.5 Å². The third-order valence-corrected chi connectivity index (χ3v) is 6.48. The van der Waals surface area contributed by atoms with Gasteiger partial charge in [-0.05, 0) is 82.0 Å². The Morgan fingerprint density at radius 1 is 1.23 bits per heavy atom. The molecule has 1 aliphatic carbocycles. The fraction of sp³-hybridized carbons (Fsp3) is 0.708.